The Morgan fingerprint density at radius 1 is 1.24 bits per heavy atom. The monoisotopic (exact) mass is 335 g/mol. The highest BCUT2D eigenvalue weighted by molar-refractivity contribution is 5.78. The number of hydrogen-bond acceptors (Lipinski definition) is 3. The van der Waals surface area contributed by atoms with Crippen LogP contribution < -0.4 is 9.64 Å². The van der Waals surface area contributed by atoms with Gasteiger partial charge < -0.3 is 9.64 Å². The second-order valence-corrected chi connectivity index (χ2v) is 6.89. The minimum Gasteiger partial charge on any atom is -0.493 e. The lowest BCUT2D eigenvalue weighted by atomic mass is 9.93. The lowest BCUT2D eigenvalue weighted by Crippen LogP contribution is -2.33. The molecule has 1 aromatic carbocycles. The number of rotatable bonds is 4. The van der Waals surface area contributed by atoms with Crippen molar-refractivity contribution in [3.63, 3.8) is 0 Å². The van der Waals surface area contributed by atoms with Gasteiger partial charge in [0.05, 0.1) is 17.8 Å². The lowest BCUT2D eigenvalue weighted by molar-refractivity contribution is 0.314. The second-order valence-electron chi connectivity index (χ2n) is 6.89. The average Bonchev–Trinajstić information content (AvgIpc) is 3.06. The van der Waals surface area contributed by atoms with E-state index in [1.165, 1.54) is 11.3 Å². The summed E-state index contributed by atoms with van der Waals surface area (Å²) in [5.41, 5.74) is 5.78. The molecule has 0 radical (unpaired) electrons. The van der Waals surface area contributed by atoms with Gasteiger partial charge in [0.15, 0.2) is 0 Å². The van der Waals surface area contributed by atoms with Gasteiger partial charge in [0, 0.05) is 36.1 Å². The average molecular weight is 335 g/mol. The molecule has 0 N–H and O–H groups in total. The molecule has 1 unspecified atom stereocenters. The Labute approximate surface area is 149 Å². The normalized spacial score (nSPS) is 16.9. The van der Waals surface area contributed by atoms with Gasteiger partial charge in [0.25, 0.3) is 0 Å². The van der Waals surface area contributed by atoms with E-state index in [0.717, 1.165) is 48.4 Å². The second kappa shape index (κ2) is 6.43. The predicted molar refractivity (Wildman–Crippen MR) is 103 cm³/mol. The summed E-state index contributed by atoms with van der Waals surface area (Å²) in [6.45, 7) is 5.16. The topological polar surface area (TPSA) is 29.8 Å². The largest absolute Gasteiger partial charge is 0.493 e. The third kappa shape index (κ3) is 2.76. The molecular formula is C21H25N3O. The van der Waals surface area contributed by atoms with E-state index >= 15 is 0 Å². The first kappa shape index (κ1) is 16.0. The van der Waals surface area contributed by atoms with Crippen molar-refractivity contribution >= 4 is 11.2 Å². The molecule has 0 spiro atoms. The third-order valence-electron chi connectivity index (χ3n) is 5.19. The molecule has 130 valence electrons. The fourth-order valence-electron chi connectivity index (χ4n) is 3.61. The van der Waals surface area contributed by atoms with Gasteiger partial charge in [-0.2, -0.15) is 5.10 Å². The third-order valence-corrected chi connectivity index (χ3v) is 5.19. The number of anilines is 1. The van der Waals surface area contributed by atoms with E-state index in [4.69, 9.17) is 9.84 Å². The summed E-state index contributed by atoms with van der Waals surface area (Å²) in [5.74, 6) is 1.02. The molecule has 0 saturated carbocycles. The van der Waals surface area contributed by atoms with Crippen molar-refractivity contribution in [1.82, 2.24) is 9.61 Å². The van der Waals surface area contributed by atoms with Crippen LogP contribution in [-0.4, -0.2) is 29.3 Å². The lowest BCUT2D eigenvalue weighted by Gasteiger charge is -2.35. The van der Waals surface area contributed by atoms with E-state index in [1.54, 1.807) is 0 Å². The van der Waals surface area contributed by atoms with Gasteiger partial charge in [0.1, 0.15) is 5.75 Å². The summed E-state index contributed by atoms with van der Waals surface area (Å²) in [4.78, 5) is 2.37. The first-order valence-electron chi connectivity index (χ1n) is 9.15. The quantitative estimate of drug-likeness (QED) is 0.700. The summed E-state index contributed by atoms with van der Waals surface area (Å²) in [6.07, 6.45) is 5.20. The van der Waals surface area contributed by atoms with Gasteiger partial charge in [-0.1, -0.05) is 13.0 Å². The fraction of sp³-hybridized carbons (Fsp3) is 0.381. The molecule has 1 aliphatic heterocycles. The zero-order valence-corrected chi connectivity index (χ0v) is 15.2. The Morgan fingerprint density at radius 3 is 2.92 bits per heavy atom. The van der Waals surface area contributed by atoms with Crippen LogP contribution in [0.2, 0.25) is 0 Å². The van der Waals surface area contributed by atoms with Crippen LogP contribution in [0.15, 0.2) is 42.6 Å². The Hall–Kier alpha value is -2.49. The van der Waals surface area contributed by atoms with E-state index in [-0.39, 0.29) is 0 Å². The van der Waals surface area contributed by atoms with Crippen molar-refractivity contribution in [2.75, 3.05) is 18.6 Å². The summed E-state index contributed by atoms with van der Waals surface area (Å²) < 4.78 is 8.17. The molecule has 3 aromatic rings. The maximum Gasteiger partial charge on any atom is 0.134 e. The zero-order chi connectivity index (χ0) is 17.4. The van der Waals surface area contributed by atoms with Crippen LogP contribution in [0.25, 0.3) is 16.8 Å². The van der Waals surface area contributed by atoms with Gasteiger partial charge in [-0.05, 0) is 56.5 Å². The standard InChI is InChI=1S/C21H25N3O/c1-4-13-25-21-17(19-14-16-7-5-6-12-24(16)22-19)10-11-20-18(21)9-8-15(2)23(20)3/h5-7,10-12,14-15H,4,8-9,13H2,1-3H3. The fourth-order valence-corrected chi connectivity index (χ4v) is 3.61. The molecule has 4 rings (SSSR count). The van der Waals surface area contributed by atoms with Crippen LogP contribution in [0.1, 0.15) is 32.3 Å². The van der Waals surface area contributed by atoms with Crippen LogP contribution in [0.3, 0.4) is 0 Å². The molecule has 0 amide bonds. The van der Waals surface area contributed by atoms with Crippen molar-refractivity contribution in [3.8, 4) is 17.0 Å². The SMILES string of the molecule is CCCOc1c(-c2cc3ccccn3n2)ccc2c1CCC(C)N2C. The Kier molecular flexibility index (Phi) is 4.12. The summed E-state index contributed by atoms with van der Waals surface area (Å²) in [6, 6.07) is 13.2. The highest BCUT2D eigenvalue weighted by Gasteiger charge is 2.25. The van der Waals surface area contributed by atoms with Crippen molar-refractivity contribution in [3.05, 3.63) is 48.2 Å². The molecule has 4 nitrogen and oxygen atoms in total. The van der Waals surface area contributed by atoms with Gasteiger partial charge in [0.2, 0.25) is 0 Å². The molecule has 3 heterocycles. The van der Waals surface area contributed by atoms with E-state index < -0.39 is 0 Å². The van der Waals surface area contributed by atoms with Gasteiger partial charge >= 0.3 is 0 Å². The highest BCUT2D eigenvalue weighted by Crippen LogP contribution is 2.42. The summed E-state index contributed by atoms with van der Waals surface area (Å²) in [7, 11) is 2.18. The van der Waals surface area contributed by atoms with Gasteiger partial charge in [-0.15, -0.1) is 0 Å². The smallest absolute Gasteiger partial charge is 0.134 e. The maximum atomic E-state index is 6.24. The van der Waals surface area contributed by atoms with E-state index in [9.17, 15) is 0 Å². The summed E-state index contributed by atoms with van der Waals surface area (Å²) in [5, 5.41) is 4.76. The molecule has 1 aliphatic rings. The minimum absolute atomic E-state index is 0.563. The Balaban J connectivity index is 1.86. The van der Waals surface area contributed by atoms with Crippen LogP contribution in [0, 0.1) is 0 Å². The molecule has 1 atom stereocenters. The van der Waals surface area contributed by atoms with Crippen molar-refractivity contribution in [2.45, 2.75) is 39.2 Å². The molecule has 0 saturated heterocycles. The van der Waals surface area contributed by atoms with Crippen molar-refractivity contribution in [2.24, 2.45) is 0 Å². The highest BCUT2D eigenvalue weighted by atomic mass is 16.5. The first-order chi connectivity index (χ1) is 12.2. The molecule has 0 fully saturated rings. The van der Waals surface area contributed by atoms with Crippen molar-refractivity contribution < 1.29 is 4.74 Å². The number of benzene rings is 1. The number of ether oxygens (including phenoxy) is 1. The number of hydrogen-bond donors (Lipinski definition) is 0. The molecular weight excluding hydrogens is 310 g/mol. The van der Waals surface area contributed by atoms with E-state index in [2.05, 4.69) is 50.1 Å². The maximum absolute atomic E-state index is 6.24. The van der Waals surface area contributed by atoms with Gasteiger partial charge in [-0.25, -0.2) is 4.52 Å². The molecule has 2 aromatic heterocycles. The number of nitrogens with zero attached hydrogens (tertiary/aromatic N) is 3. The zero-order valence-electron chi connectivity index (χ0n) is 15.2. The van der Waals surface area contributed by atoms with Crippen molar-refractivity contribution in [1.29, 1.82) is 0 Å². The Morgan fingerprint density at radius 2 is 2.12 bits per heavy atom. The molecule has 0 aliphatic carbocycles. The van der Waals surface area contributed by atoms with Crippen LogP contribution in [0.5, 0.6) is 5.75 Å². The minimum atomic E-state index is 0.563. The number of fused-ring (bicyclic) bond motifs is 2. The molecule has 25 heavy (non-hydrogen) atoms. The van der Waals surface area contributed by atoms with E-state index in [1.807, 2.05) is 22.8 Å². The van der Waals surface area contributed by atoms with Crippen LogP contribution in [0.4, 0.5) is 5.69 Å². The number of pyridine rings is 1. The molecule has 0 bridgehead atoms. The van der Waals surface area contributed by atoms with Crippen LogP contribution >= 0.6 is 0 Å². The first-order valence-corrected chi connectivity index (χ1v) is 9.15. The number of aromatic nitrogens is 2. The Bertz CT molecular complexity index is 866. The van der Waals surface area contributed by atoms with Gasteiger partial charge in [-0.3, -0.25) is 0 Å². The molecule has 4 heteroatoms. The van der Waals surface area contributed by atoms with E-state index in [0.29, 0.717) is 6.04 Å². The summed E-state index contributed by atoms with van der Waals surface area (Å²) >= 11 is 0. The van der Waals surface area contributed by atoms with Crippen LogP contribution in [-0.2, 0) is 6.42 Å². The predicted octanol–water partition coefficient (Wildman–Crippen LogP) is 4.56.